The molecule has 0 atom stereocenters. The van der Waals surface area contributed by atoms with E-state index in [1.165, 1.54) is 19.2 Å². The SMILES string of the molecule is COc1ccc([N+](=O)[O-])cc1Cn1cccc1C#N. The van der Waals surface area contributed by atoms with Crippen molar-refractivity contribution in [3.8, 4) is 11.8 Å². The molecular formula is C13H11N3O3. The van der Waals surface area contributed by atoms with Crippen LogP contribution in [0.15, 0.2) is 36.5 Å². The van der Waals surface area contributed by atoms with E-state index in [-0.39, 0.29) is 5.69 Å². The van der Waals surface area contributed by atoms with Crippen LogP contribution in [0.4, 0.5) is 5.69 Å². The molecule has 96 valence electrons. The molecule has 19 heavy (non-hydrogen) atoms. The van der Waals surface area contributed by atoms with Crippen molar-refractivity contribution < 1.29 is 9.66 Å². The molecule has 0 radical (unpaired) electrons. The molecule has 6 nitrogen and oxygen atoms in total. The summed E-state index contributed by atoms with van der Waals surface area (Å²) in [6, 6.07) is 9.90. The second-order valence-corrected chi connectivity index (χ2v) is 3.89. The van der Waals surface area contributed by atoms with Gasteiger partial charge in [-0.25, -0.2) is 0 Å². The van der Waals surface area contributed by atoms with E-state index in [9.17, 15) is 10.1 Å². The first-order chi connectivity index (χ1) is 9.15. The highest BCUT2D eigenvalue weighted by Crippen LogP contribution is 2.25. The van der Waals surface area contributed by atoms with Crippen LogP contribution in [0.2, 0.25) is 0 Å². The van der Waals surface area contributed by atoms with Crippen molar-refractivity contribution in [1.82, 2.24) is 4.57 Å². The third-order valence-corrected chi connectivity index (χ3v) is 2.76. The Kier molecular flexibility index (Phi) is 3.48. The molecule has 2 rings (SSSR count). The highest BCUT2D eigenvalue weighted by atomic mass is 16.6. The number of hydrogen-bond donors (Lipinski definition) is 0. The highest BCUT2D eigenvalue weighted by molar-refractivity contribution is 5.44. The van der Waals surface area contributed by atoms with Gasteiger partial charge >= 0.3 is 0 Å². The minimum Gasteiger partial charge on any atom is -0.496 e. The van der Waals surface area contributed by atoms with E-state index in [0.717, 1.165) is 0 Å². The Morgan fingerprint density at radius 1 is 1.47 bits per heavy atom. The first kappa shape index (κ1) is 12.6. The average Bonchev–Trinajstić information content (AvgIpc) is 2.85. The lowest BCUT2D eigenvalue weighted by atomic mass is 10.1. The molecule has 0 N–H and O–H groups in total. The number of ether oxygens (including phenoxy) is 1. The summed E-state index contributed by atoms with van der Waals surface area (Å²) in [5.41, 5.74) is 1.15. The largest absolute Gasteiger partial charge is 0.496 e. The zero-order valence-corrected chi connectivity index (χ0v) is 10.2. The van der Waals surface area contributed by atoms with Gasteiger partial charge in [-0.1, -0.05) is 0 Å². The van der Waals surface area contributed by atoms with Crippen molar-refractivity contribution in [2.45, 2.75) is 6.54 Å². The fourth-order valence-electron chi connectivity index (χ4n) is 1.84. The van der Waals surface area contributed by atoms with Crippen molar-refractivity contribution in [1.29, 1.82) is 5.26 Å². The molecule has 6 heteroatoms. The number of methoxy groups -OCH3 is 1. The zero-order valence-electron chi connectivity index (χ0n) is 10.2. The molecule has 1 aromatic heterocycles. The number of nitrogens with zero attached hydrogens (tertiary/aromatic N) is 3. The second-order valence-electron chi connectivity index (χ2n) is 3.89. The quantitative estimate of drug-likeness (QED) is 0.621. The summed E-state index contributed by atoms with van der Waals surface area (Å²) >= 11 is 0. The fraction of sp³-hybridized carbons (Fsp3) is 0.154. The van der Waals surface area contributed by atoms with E-state index < -0.39 is 4.92 Å². The van der Waals surface area contributed by atoms with Crippen molar-refractivity contribution >= 4 is 5.69 Å². The molecule has 0 spiro atoms. The van der Waals surface area contributed by atoms with Gasteiger partial charge < -0.3 is 9.30 Å². The van der Waals surface area contributed by atoms with Crippen LogP contribution in [0.1, 0.15) is 11.3 Å². The van der Waals surface area contributed by atoms with Crippen LogP contribution in [0.3, 0.4) is 0 Å². The van der Waals surface area contributed by atoms with E-state index in [1.54, 1.807) is 29.0 Å². The third-order valence-electron chi connectivity index (χ3n) is 2.76. The Morgan fingerprint density at radius 3 is 2.89 bits per heavy atom. The summed E-state index contributed by atoms with van der Waals surface area (Å²) in [4.78, 5) is 10.3. The maximum Gasteiger partial charge on any atom is 0.270 e. The summed E-state index contributed by atoms with van der Waals surface area (Å²) in [7, 11) is 1.51. The lowest BCUT2D eigenvalue weighted by Crippen LogP contribution is -2.03. The molecule has 0 amide bonds. The predicted molar refractivity (Wildman–Crippen MR) is 67.9 cm³/mol. The average molecular weight is 257 g/mol. The molecule has 0 unspecified atom stereocenters. The smallest absolute Gasteiger partial charge is 0.270 e. The van der Waals surface area contributed by atoms with Crippen LogP contribution in [0.5, 0.6) is 5.75 Å². The molecule has 0 aliphatic heterocycles. The number of aromatic nitrogens is 1. The van der Waals surface area contributed by atoms with Gasteiger partial charge in [0.05, 0.1) is 18.6 Å². The minimum atomic E-state index is -0.455. The molecule has 0 bridgehead atoms. The van der Waals surface area contributed by atoms with Gasteiger partial charge in [0.1, 0.15) is 17.5 Å². The van der Waals surface area contributed by atoms with Crippen molar-refractivity contribution in [3.05, 3.63) is 57.9 Å². The third kappa shape index (κ3) is 2.55. The topological polar surface area (TPSA) is 81.1 Å². The minimum absolute atomic E-state index is 0.00136. The number of nitro benzene ring substituents is 1. The van der Waals surface area contributed by atoms with Gasteiger partial charge in [-0.05, 0) is 18.2 Å². The molecule has 1 heterocycles. The van der Waals surface area contributed by atoms with Crippen LogP contribution in [0.25, 0.3) is 0 Å². The van der Waals surface area contributed by atoms with E-state index in [4.69, 9.17) is 10.00 Å². The predicted octanol–water partition coefficient (Wildman–Crippen LogP) is 2.32. The highest BCUT2D eigenvalue weighted by Gasteiger charge is 2.12. The number of nitro groups is 1. The van der Waals surface area contributed by atoms with E-state index in [1.807, 2.05) is 0 Å². The fourth-order valence-corrected chi connectivity index (χ4v) is 1.84. The lowest BCUT2D eigenvalue weighted by Gasteiger charge is -2.10. The molecule has 0 fully saturated rings. The number of rotatable bonds is 4. The van der Waals surface area contributed by atoms with Gasteiger partial charge in [-0.15, -0.1) is 0 Å². The van der Waals surface area contributed by atoms with Crippen LogP contribution in [-0.2, 0) is 6.54 Å². The van der Waals surface area contributed by atoms with Gasteiger partial charge in [0.25, 0.3) is 5.69 Å². The van der Waals surface area contributed by atoms with E-state index in [0.29, 0.717) is 23.6 Å². The van der Waals surface area contributed by atoms with Gasteiger partial charge in [0, 0.05) is 23.9 Å². The molecule has 0 aliphatic carbocycles. The second kappa shape index (κ2) is 5.23. The first-order valence-electron chi connectivity index (χ1n) is 5.52. The molecule has 0 aliphatic rings. The Hall–Kier alpha value is -2.81. The normalized spacial score (nSPS) is 9.89. The summed E-state index contributed by atoms with van der Waals surface area (Å²) in [6.45, 7) is 0.348. The Bertz CT molecular complexity index is 655. The molecule has 0 saturated carbocycles. The summed E-state index contributed by atoms with van der Waals surface area (Å²) < 4.78 is 6.89. The van der Waals surface area contributed by atoms with Crippen molar-refractivity contribution in [2.75, 3.05) is 7.11 Å². The summed E-state index contributed by atoms with van der Waals surface area (Å²) in [5, 5.41) is 19.7. The molecule has 0 saturated heterocycles. The summed E-state index contributed by atoms with van der Waals surface area (Å²) in [5.74, 6) is 0.559. The van der Waals surface area contributed by atoms with Crippen molar-refractivity contribution in [3.63, 3.8) is 0 Å². The van der Waals surface area contributed by atoms with E-state index in [2.05, 4.69) is 6.07 Å². The summed E-state index contributed by atoms with van der Waals surface area (Å²) in [6.07, 6.45) is 1.75. The number of benzene rings is 1. The monoisotopic (exact) mass is 257 g/mol. The van der Waals surface area contributed by atoms with Gasteiger partial charge in [0.2, 0.25) is 0 Å². The van der Waals surface area contributed by atoms with Crippen LogP contribution in [-0.4, -0.2) is 16.6 Å². The lowest BCUT2D eigenvalue weighted by molar-refractivity contribution is -0.384. The number of hydrogen-bond acceptors (Lipinski definition) is 4. The van der Waals surface area contributed by atoms with Gasteiger partial charge in [-0.3, -0.25) is 10.1 Å². The van der Waals surface area contributed by atoms with Gasteiger partial charge in [0.15, 0.2) is 0 Å². The zero-order chi connectivity index (χ0) is 13.8. The number of nitriles is 1. The Balaban J connectivity index is 2.41. The van der Waals surface area contributed by atoms with Crippen LogP contribution < -0.4 is 4.74 Å². The maximum absolute atomic E-state index is 10.8. The van der Waals surface area contributed by atoms with Crippen molar-refractivity contribution in [2.24, 2.45) is 0 Å². The molecule has 1 aromatic carbocycles. The number of non-ortho nitro benzene ring substituents is 1. The maximum atomic E-state index is 10.8. The molecule has 2 aromatic rings. The first-order valence-corrected chi connectivity index (χ1v) is 5.52. The Morgan fingerprint density at radius 2 is 2.26 bits per heavy atom. The van der Waals surface area contributed by atoms with Crippen LogP contribution in [0, 0.1) is 21.4 Å². The van der Waals surface area contributed by atoms with Gasteiger partial charge in [-0.2, -0.15) is 5.26 Å². The van der Waals surface area contributed by atoms with Crippen LogP contribution >= 0.6 is 0 Å². The standard InChI is InChI=1S/C13H11N3O3/c1-19-13-5-4-11(16(17)18)7-10(13)9-15-6-2-3-12(15)8-14/h2-7H,9H2,1H3. The molecular weight excluding hydrogens is 246 g/mol. The Labute approximate surface area is 109 Å². The van der Waals surface area contributed by atoms with E-state index >= 15 is 0 Å².